The molecule has 0 aliphatic heterocycles. The van der Waals surface area contributed by atoms with Crippen LogP contribution in [0.2, 0.25) is 5.15 Å². The van der Waals surface area contributed by atoms with Crippen LogP contribution in [-0.2, 0) is 10.0 Å². The SMILES string of the molecule is Cc1cccc(C)c1-c1cc(Cl)nc(NS(=O)(=O)c2cccc(C(=O)Cl)c2)n1. The van der Waals surface area contributed by atoms with E-state index in [9.17, 15) is 13.2 Å². The minimum atomic E-state index is -4.05. The van der Waals surface area contributed by atoms with E-state index < -0.39 is 15.3 Å². The molecule has 0 saturated heterocycles. The van der Waals surface area contributed by atoms with Gasteiger partial charge >= 0.3 is 0 Å². The van der Waals surface area contributed by atoms with Crippen LogP contribution in [0.1, 0.15) is 21.5 Å². The molecule has 1 aromatic heterocycles. The molecule has 0 bridgehead atoms. The number of nitrogens with zero attached hydrogens (tertiary/aromatic N) is 2. The zero-order valence-electron chi connectivity index (χ0n) is 14.9. The second-order valence-corrected chi connectivity index (χ2v) is 8.49. The van der Waals surface area contributed by atoms with Crippen LogP contribution in [0.4, 0.5) is 5.95 Å². The average molecular weight is 436 g/mol. The van der Waals surface area contributed by atoms with Crippen LogP contribution >= 0.6 is 23.2 Å². The number of halogens is 2. The van der Waals surface area contributed by atoms with Crippen molar-refractivity contribution >= 4 is 44.4 Å². The van der Waals surface area contributed by atoms with E-state index in [1.807, 2.05) is 32.0 Å². The number of aryl methyl sites for hydroxylation is 2. The molecule has 0 radical (unpaired) electrons. The smallest absolute Gasteiger partial charge is 0.264 e. The largest absolute Gasteiger partial charge is 0.276 e. The Morgan fingerprint density at radius 3 is 2.29 bits per heavy atom. The molecule has 28 heavy (non-hydrogen) atoms. The molecule has 3 rings (SSSR count). The topological polar surface area (TPSA) is 89.0 Å². The van der Waals surface area contributed by atoms with Crippen LogP contribution < -0.4 is 4.72 Å². The maximum Gasteiger partial charge on any atom is 0.264 e. The first kappa shape index (κ1) is 20.3. The summed E-state index contributed by atoms with van der Waals surface area (Å²) in [7, 11) is -4.05. The molecule has 0 amide bonds. The second-order valence-electron chi connectivity index (χ2n) is 6.07. The Morgan fingerprint density at radius 2 is 1.64 bits per heavy atom. The van der Waals surface area contributed by atoms with Gasteiger partial charge in [0.15, 0.2) is 0 Å². The van der Waals surface area contributed by atoms with Gasteiger partial charge in [-0.15, -0.1) is 0 Å². The third-order valence-corrected chi connectivity index (χ3v) is 5.77. The van der Waals surface area contributed by atoms with E-state index in [1.54, 1.807) is 6.07 Å². The molecule has 0 aliphatic carbocycles. The summed E-state index contributed by atoms with van der Waals surface area (Å²) in [6, 6.07) is 12.7. The lowest BCUT2D eigenvalue weighted by Crippen LogP contribution is -2.16. The highest BCUT2D eigenvalue weighted by atomic mass is 35.5. The summed E-state index contributed by atoms with van der Waals surface area (Å²) >= 11 is 11.5. The summed E-state index contributed by atoms with van der Waals surface area (Å²) in [5.41, 5.74) is 3.35. The van der Waals surface area contributed by atoms with E-state index in [0.717, 1.165) is 16.7 Å². The number of anilines is 1. The molecule has 0 unspecified atom stereocenters. The fourth-order valence-electron chi connectivity index (χ4n) is 2.77. The first-order valence-corrected chi connectivity index (χ1v) is 10.3. The number of nitrogens with one attached hydrogen (secondary N) is 1. The van der Waals surface area contributed by atoms with Crippen molar-refractivity contribution in [3.63, 3.8) is 0 Å². The molecule has 0 spiro atoms. The summed E-state index contributed by atoms with van der Waals surface area (Å²) in [5, 5.41) is -0.664. The highest BCUT2D eigenvalue weighted by Gasteiger charge is 2.19. The molecule has 0 saturated carbocycles. The van der Waals surface area contributed by atoms with E-state index in [0.29, 0.717) is 5.69 Å². The monoisotopic (exact) mass is 435 g/mol. The number of sulfonamides is 1. The lowest BCUT2D eigenvalue weighted by molar-refractivity contribution is 0.108. The fraction of sp³-hybridized carbons (Fsp3) is 0.105. The molecule has 1 N–H and O–H groups in total. The number of hydrogen-bond acceptors (Lipinski definition) is 5. The molecule has 0 aliphatic rings. The predicted octanol–water partition coefficient (Wildman–Crippen LogP) is 4.59. The van der Waals surface area contributed by atoms with Crippen LogP contribution in [0.5, 0.6) is 0 Å². The van der Waals surface area contributed by atoms with Gasteiger partial charge in [-0.05, 0) is 48.7 Å². The van der Waals surface area contributed by atoms with E-state index >= 15 is 0 Å². The summed E-state index contributed by atoms with van der Waals surface area (Å²) in [4.78, 5) is 19.4. The van der Waals surface area contributed by atoms with Crippen molar-refractivity contribution in [2.45, 2.75) is 18.7 Å². The van der Waals surface area contributed by atoms with Crippen LogP contribution in [0, 0.1) is 13.8 Å². The van der Waals surface area contributed by atoms with Crippen LogP contribution in [0.25, 0.3) is 11.3 Å². The zero-order chi connectivity index (χ0) is 20.5. The minimum Gasteiger partial charge on any atom is -0.276 e. The van der Waals surface area contributed by atoms with Gasteiger partial charge in [0.2, 0.25) is 5.95 Å². The number of aromatic nitrogens is 2. The van der Waals surface area contributed by atoms with Gasteiger partial charge < -0.3 is 0 Å². The molecule has 144 valence electrons. The predicted molar refractivity (Wildman–Crippen MR) is 109 cm³/mol. The van der Waals surface area contributed by atoms with Gasteiger partial charge in [-0.25, -0.2) is 23.1 Å². The standard InChI is InChI=1S/C19H15Cl2N3O3S/c1-11-5-3-6-12(2)17(11)15-10-16(20)23-19(22-15)24-28(26,27)14-8-4-7-13(9-14)18(21)25/h3-10H,1-2H3,(H,22,23,24). The number of carbonyl (C=O) groups excluding carboxylic acids is 1. The van der Waals surface area contributed by atoms with Gasteiger partial charge in [0, 0.05) is 17.2 Å². The van der Waals surface area contributed by atoms with Crippen molar-refractivity contribution < 1.29 is 13.2 Å². The maximum absolute atomic E-state index is 12.7. The van der Waals surface area contributed by atoms with E-state index in [4.69, 9.17) is 23.2 Å². The minimum absolute atomic E-state index is 0.0628. The summed E-state index contributed by atoms with van der Waals surface area (Å²) in [6.07, 6.45) is 0. The van der Waals surface area contributed by atoms with Gasteiger partial charge in [-0.1, -0.05) is 41.9 Å². The third kappa shape index (κ3) is 4.32. The average Bonchev–Trinajstić information content (AvgIpc) is 2.61. The molecule has 6 nitrogen and oxygen atoms in total. The zero-order valence-corrected chi connectivity index (χ0v) is 17.2. The van der Waals surface area contributed by atoms with Gasteiger partial charge in [-0.2, -0.15) is 0 Å². The Hall–Kier alpha value is -2.48. The molecular formula is C19H15Cl2N3O3S. The van der Waals surface area contributed by atoms with Crippen molar-refractivity contribution in [1.29, 1.82) is 0 Å². The number of carbonyl (C=O) groups is 1. The third-order valence-electron chi connectivity index (χ3n) is 4.03. The van der Waals surface area contributed by atoms with Gasteiger partial charge in [0.1, 0.15) is 5.15 Å². The first-order chi connectivity index (χ1) is 13.2. The quantitative estimate of drug-likeness (QED) is 0.467. The molecule has 3 aromatic rings. The first-order valence-electron chi connectivity index (χ1n) is 8.11. The van der Waals surface area contributed by atoms with Gasteiger partial charge in [0.25, 0.3) is 15.3 Å². The van der Waals surface area contributed by atoms with Crippen molar-refractivity contribution in [2.24, 2.45) is 0 Å². The number of benzene rings is 2. The van der Waals surface area contributed by atoms with Crippen LogP contribution in [0.15, 0.2) is 53.4 Å². The Labute approximate surface area is 172 Å². The number of hydrogen-bond donors (Lipinski definition) is 1. The van der Waals surface area contributed by atoms with E-state index in [-0.39, 0.29) is 21.6 Å². The van der Waals surface area contributed by atoms with E-state index in [1.165, 1.54) is 24.3 Å². The maximum atomic E-state index is 12.7. The Kier molecular flexibility index (Phi) is 5.69. The molecule has 0 fully saturated rings. The summed E-state index contributed by atoms with van der Waals surface area (Å²) < 4.78 is 27.7. The second kappa shape index (κ2) is 7.87. The Balaban J connectivity index is 2.02. The van der Waals surface area contributed by atoms with E-state index in [2.05, 4.69) is 14.7 Å². The highest BCUT2D eigenvalue weighted by molar-refractivity contribution is 7.92. The Bertz CT molecular complexity index is 1160. The van der Waals surface area contributed by atoms with Gasteiger partial charge in [-0.3, -0.25) is 4.79 Å². The van der Waals surface area contributed by atoms with Crippen molar-refractivity contribution in [2.75, 3.05) is 4.72 Å². The normalized spacial score (nSPS) is 11.3. The highest BCUT2D eigenvalue weighted by Crippen LogP contribution is 2.28. The summed E-state index contributed by atoms with van der Waals surface area (Å²) in [6.45, 7) is 3.85. The lowest BCUT2D eigenvalue weighted by Gasteiger charge is -2.12. The van der Waals surface area contributed by atoms with Gasteiger partial charge in [0.05, 0.1) is 10.6 Å². The van der Waals surface area contributed by atoms with Crippen LogP contribution in [-0.4, -0.2) is 23.6 Å². The lowest BCUT2D eigenvalue weighted by atomic mass is 10.00. The molecule has 1 heterocycles. The van der Waals surface area contributed by atoms with Crippen LogP contribution in [0.3, 0.4) is 0 Å². The van der Waals surface area contributed by atoms with Crippen molar-refractivity contribution in [3.8, 4) is 11.3 Å². The number of rotatable bonds is 5. The van der Waals surface area contributed by atoms with Crippen molar-refractivity contribution in [3.05, 3.63) is 70.4 Å². The molecule has 9 heteroatoms. The summed E-state index contributed by atoms with van der Waals surface area (Å²) in [5.74, 6) is -0.173. The molecule has 0 atom stereocenters. The van der Waals surface area contributed by atoms with Crippen molar-refractivity contribution in [1.82, 2.24) is 9.97 Å². The Morgan fingerprint density at radius 1 is 1.00 bits per heavy atom. The fourth-order valence-corrected chi connectivity index (χ4v) is 4.06. The molecule has 2 aromatic carbocycles. The molecular weight excluding hydrogens is 421 g/mol.